The Bertz CT molecular complexity index is 1110. The van der Waals surface area contributed by atoms with E-state index >= 15 is 0 Å². The molecule has 0 unspecified atom stereocenters. The van der Waals surface area contributed by atoms with Crippen molar-refractivity contribution in [2.75, 3.05) is 11.3 Å². The highest BCUT2D eigenvalue weighted by Gasteiger charge is 2.20. The van der Waals surface area contributed by atoms with E-state index in [2.05, 4.69) is 10.0 Å². The third-order valence-corrected chi connectivity index (χ3v) is 6.42. The summed E-state index contributed by atoms with van der Waals surface area (Å²) in [6, 6.07) is 21.2. The van der Waals surface area contributed by atoms with Crippen molar-refractivity contribution in [3.63, 3.8) is 0 Å². The molecule has 0 atom stereocenters. The fraction of sp³-hybridized carbons (Fsp3) is 0.174. The first-order chi connectivity index (χ1) is 14.3. The lowest BCUT2D eigenvalue weighted by atomic mass is 10.1. The van der Waals surface area contributed by atoms with Crippen LogP contribution in [0.15, 0.2) is 77.7 Å². The Morgan fingerprint density at radius 1 is 0.967 bits per heavy atom. The number of hydrogen-bond acceptors (Lipinski definition) is 3. The number of aryl methyl sites for hydroxylation is 2. The second kappa shape index (κ2) is 9.78. The van der Waals surface area contributed by atoms with Gasteiger partial charge in [0.25, 0.3) is 15.9 Å². The molecule has 3 rings (SSSR count). The molecule has 0 aromatic heterocycles. The minimum Gasteiger partial charge on any atom is -0.352 e. The van der Waals surface area contributed by atoms with Gasteiger partial charge in [0.2, 0.25) is 0 Å². The number of carbonyl (C=O) groups excluding carboxylic acids is 1. The van der Waals surface area contributed by atoms with Crippen molar-refractivity contribution in [1.82, 2.24) is 5.32 Å². The summed E-state index contributed by atoms with van der Waals surface area (Å²) in [7, 11) is -3.94. The number of rotatable bonds is 8. The maximum absolute atomic E-state index is 12.8. The van der Waals surface area contributed by atoms with Crippen LogP contribution in [0.5, 0.6) is 0 Å². The van der Waals surface area contributed by atoms with Gasteiger partial charge in [0.1, 0.15) is 4.90 Å². The number of amides is 1. The lowest BCUT2D eigenvalue weighted by Gasteiger charge is -2.12. The zero-order valence-corrected chi connectivity index (χ0v) is 18.1. The Balaban J connectivity index is 1.66. The van der Waals surface area contributed by atoms with Crippen LogP contribution in [0.1, 0.15) is 27.9 Å². The molecule has 0 heterocycles. The minimum absolute atomic E-state index is 0.0511. The van der Waals surface area contributed by atoms with Gasteiger partial charge in [0, 0.05) is 17.8 Å². The molecule has 1 amide bonds. The van der Waals surface area contributed by atoms with Gasteiger partial charge in [0.15, 0.2) is 0 Å². The molecule has 5 nitrogen and oxygen atoms in total. The van der Waals surface area contributed by atoms with Crippen LogP contribution >= 0.6 is 11.6 Å². The highest BCUT2D eigenvalue weighted by molar-refractivity contribution is 7.92. The molecule has 2 N–H and O–H groups in total. The Kier molecular flexibility index (Phi) is 7.13. The van der Waals surface area contributed by atoms with Gasteiger partial charge >= 0.3 is 0 Å². The van der Waals surface area contributed by atoms with Crippen molar-refractivity contribution in [2.24, 2.45) is 0 Å². The topological polar surface area (TPSA) is 75.3 Å². The van der Waals surface area contributed by atoms with Gasteiger partial charge < -0.3 is 5.32 Å². The fourth-order valence-corrected chi connectivity index (χ4v) is 4.51. The lowest BCUT2D eigenvalue weighted by molar-refractivity contribution is 0.0953. The van der Waals surface area contributed by atoms with Gasteiger partial charge in [-0.1, -0.05) is 59.6 Å². The smallest absolute Gasteiger partial charge is 0.263 e. The summed E-state index contributed by atoms with van der Waals surface area (Å²) < 4.78 is 28.0. The van der Waals surface area contributed by atoms with Gasteiger partial charge in [-0.3, -0.25) is 9.52 Å². The predicted molar refractivity (Wildman–Crippen MR) is 121 cm³/mol. The molecule has 0 aliphatic heterocycles. The molecular formula is C23H23ClN2O3S. The van der Waals surface area contributed by atoms with Crippen LogP contribution in [-0.4, -0.2) is 20.9 Å². The van der Waals surface area contributed by atoms with Crippen molar-refractivity contribution in [1.29, 1.82) is 0 Å². The predicted octanol–water partition coefficient (Wildman–Crippen LogP) is 4.81. The molecule has 0 fully saturated rings. The number of halogens is 1. The van der Waals surface area contributed by atoms with Gasteiger partial charge in [-0.15, -0.1) is 0 Å². The number of benzene rings is 3. The molecule has 0 bridgehead atoms. The molecular weight excluding hydrogens is 420 g/mol. The summed E-state index contributed by atoms with van der Waals surface area (Å²) in [6.45, 7) is 2.40. The normalized spacial score (nSPS) is 11.1. The molecule has 7 heteroatoms. The summed E-state index contributed by atoms with van der Waals surface area (Å²) in [4.78, 5) is 12.3. The maximum atomic E-state index is 12.8. The third kappa shape index (κ3) is 5.84. The monoisotopic (exact) mass is 442 g/mol. The number of hydrogen-bond donors (Lipinski definition) is 2. The molecule has 0 spiro atoms. The summed E-state index contributed by atoms with van der Waals surface area (Å²) in [5.74, 6) is -0.341. The second-order valence-electron chi connectivity index (χ2n) is 6.96. The molecule has 3 aromatic carbocycles. The van der Waals surface area contributed by atoms with Crippen LogP contribution in [0.3, 0.4) is 0 Å². The Morgan fingerprint density at radius 3 is 2.37 bits per heavy atom. The van der Waals surface area contributed by atoms with E-state index in [4.69, 9.17) is 11.6 Å². The van der Waals surface area contributed by atoms with Gasteiger partial charge in [-0.05, 0) is 55.7 Å². The van der Waals surface area contributed by atoms with Gasteiger partial charge in [-0.25, -0.2) is 8.42 Å². The summed E-state index contributed by atoms with van der Waals surface area (Å²) in [5, 5.41) is 2.88. The molecule has 156 valence electrons. The van der Waals surface area contributed by atoms with E-state index in [1.54, 1.807) is 24.3 Å². The number of sulfonamides is 1. The van der Waals surface area contributed by atoms with Crippen molar-refractivity contribution in [3.05, 3.63) is 94.5 Å². The molecule has 30 heavy (non-hydrogen) atoms. The van der Waals surface area contributed by atoms with E-state index in [1.165, 1.54) is 23.8 Å². The van der Waals surface area contributed by atoms with Crippen LogP contribution in [-0.2, 0) is 16.4 Å². The number of anilines is 1. The third-order valence-electron chi connectivity index (χ3n) is 4.56. The van der Waals surface area contributed by atoms with Crippen LogP contribution in [0.4, 0.5) is 5.69 Å². The minimum atomic E-state index is -3.94. The quantitative estimate of drug-likeness (QED) is 0.491. The largest absolute Gasteiger partial charge is 0.352 e. The van der Waals surface area contributed by atoms with E-state index in [0.29, 0.717) is 12.2 Å². The maximum Gasteiger partial charge on any atom is 0.263 e. The van der Waals surface area contributed by atoms with E-state index < -0.39 is 10.0 Å². The first kappa shape index (κ1) is 21.9. The Hall–Kier alpha value is -2.83. The zero-order chi connectivity index (χ0) is 21.6. The van der Waals surface area contributed by atoms with E-state index in [1.807, 2.05) is 37.3 Å². The van der Waals surface area contributed by atoms with Crippen molar-refractivity contribution >= 4 is 33.2 Å². The molecule has 0 radical (unpaired) electrons. The number of nitrogens with one attached hydrogen (secondary N) is 2. The van der Waals surface area contributed by atoms with Gasteiger partial charge in [-0.2, -0.15) is 0 Å². The van der Waals surface area contributed by atoms with Crippen LogP contribution in [0.2, 0.25) is 5.02 Å². The average molecular weight is 443 g/mol. The van der Waals surface area contributed by atoms with Crippen molar-refractivity contribution < 1.29 is 13.2 Å². The van der Waals surface area contributed by atoms with Crippen LogP contribution < -0.4 is 10.0 Å². The summed E-state index contributed by atoms with van der Waals surface area (Å²) in [5.41, 5.74) is 2.88. The van der Waals surface area contributed by atoms with E-state index in [9.17, 15) is 13.2 Å². The summed E-state index contributed by atoms with van der Waals surface area (Å²) in [6.07, 6.45) is 1.63. The highest BCUT2D eigenvalue weighted by Crippen LogP contribution is 2.25. The van der Waals surface area contributed by atoms with Crippen LogP contribution in [0, 0.1) is 6.92 Å². The standard InChI is InChI=1S/C23H23ClN2O3S/c1-17-9-12-20(13-10-17)26-30(28,29)22-16-19(11-14-21(22)24)23(27)25-15-5-8-18-6-3-2-4-7-18/h2-4,6-7,9-14,16,26H,5,8,15H2,1H3,(H,25,27). The van der Waals surface area contributed by atoms with E-state index in [-0.39, 0.29) is 21.4 Å². The van der Waals surface area contributed by atoms with Crippen molar-refractivity contribution in [3.8, 4) is 0 Å². The molecule has 0 aliphatic rings. The van der Waals surface area contributed by atoms with E-state index in [0.717, 1.165) is 18.4 Å². The first-order valence-electron chi connectivity index (χ1n) is 9.56. The second-order valence-corrected chi connectivity index (χ2v) is 9.02. The zero-order valence-electron chi connectivity index (χ0n) is 16.6. The lowest BCUT2D eigenvalue weighted by Crippen LogP contribution is -2.25. The number of carbonyl (C=O) groups is 1. The van der Waals surface area contributed by atoms with Gasteiger partial charge in [0.05, 0.1) is 5.02 Å². The van der Waals surface area contributed by atoms with Crippen molar-refractivity contribution in [2.45, 2.75) is 24.7 Å². The molecule has 0 saturated heterocycles. The summed E-state index contributed by atoms with van der Waals surface area (Å²) >= 11 is 6.12. The molecule has 0 saturated carbocycles. The molecule has 3 aromatic rings. The first-order valence-corrected chi connectivity index (χ1v) is 11.4. The average Bonchev–Trinajstić information content (AvgIpc) is 2.73. The Morgan fingerprint density at radius 2 is 1.67 bits per heavy atom. The SMILES string of the molecule is Cc1ccc(NS(=O)(=O)c2cc(C(=O)NCCCc3ccccc3)ccc2Cl)cc1. The molecule has 0 aliphatic carbocycles. The Labute approximate surface area is 182 Å². The van der Waals surface area contributed by atoms with Crippen LogP contribution in [0.25, 0.3) is 0 Å². The fourth-order valence-electron chi connectivity index (χ4n) is 2.92. The highest BCUT2D eigenvalue weighted by atomic mass is 35.5.